The van der Waals surface area contributed by atoms with Crippen LogP contribution in [0.5, 0.6) is 0 Å². The standard InChI is InChI=1S/C23H23FN4O4/c24-17-6-2-3-7-18(17)26-22-28-27-21(32-22)20(31)25-16-10-8-15(9-11-16)23(14-19(29)30)12-4-1-5-13-23/h2-3,6-11H,1,4-5,12-14H2,(H,25,31)(H,26,28)(H,29,30). The van der Waals surface area contributed by atoms with Gasteiger partial charge in [-0.15, -0.1) is 5.10 Å². The van der Waals surface area contributed by atoms with Crippen LogP contribution in [0.2, 0.25) is 0 Å². The summed E-state index contributed by atoms with van der Waals surface area (Å²) in [6.07, 6.45) is 4.90. The molecule has 1 aliphatic rings. The van der Waals surface area contributed by atoms with Crippen LogP contribution < -0.4 is 10.6 Å². The van der Waals surface area contributed by atoms with Crippen molar-refractivity contribution in [3.05, 3.63) is 65.8 Å². The van der Waals surface area contributed by atoms with Crippen LogP contribution in [0.1, 0.15) is 54.8 Å². The Kier molecular flexibility index (Phi) is 6.16. The van der Waals surface area contributed by atoms with Crippen molar-refractivity contribution in [3.63, 3.8) is 0 Å². The molecule has 2 aromatic carbocycles. The summed E-state index contributed by atoms with van der Waals surface area (Å²) in [5.41, 5.74) is 1.26. The largest absolute Gasteiger partial charge is 0.481 e. The van der Waals surface area contributed by atoms with Crippen molar-refractivity contribution < 1.29 is 23.5 Å². The van der Waals surface area contributed by atoms with Crippen molar-refractivity contribution in [2.24, 2.45) is 0 Å². The molecule has 9 heteroatoms. The Morgan fingerprint density at radius 2 is 1.75 bits per heavy atom. The monoisotopic (exact) mass is 438 g/mol. The van der Waals surface area contributed by atoms with Crippen LogP contribution in [0.4, 0.5) is 21.8 Å². The van der Waals surface area contributed by atoms with Crippen molar-refractivity contribution in [2.45, 2.75) is 43.9 Å². The lowest BCUT2D eigenvalue weighted by molar-refractivity contribution is -0.138. The molecule has 0 bridgehead atoms. The van der Waals surface area contributed by atoms with Crippen LogP contribution in [0.25, 0.3) is 0 Å². The van der Waals surface area contributed by atoms with Crippen LogP contribution in [0, 0.1) is 5.82 Å². The molecule has 166 valence electrons. The van der Waals surface area contributed by atoms with E-state index in [1.807, 2.05) is 12.1 Å². The highest BCUT2D eigenvalue weighted by Crippen LogP contribution is 2.42. The van der Waals surface area contributed by atoms with E-state index in [-0.39, 0.29) is 29.4 Å². The maximum Gasteiger partial charge on any atom is 0.320 e. The number of carbonyl (C=O) groups excluding carboxylic acids is 1. The lowest BCUT2D eigenvalue weighted by Gasteiger charge is -2.36. The topological polar surface area (TPSA) is 117 Å². The van der Waals surface area contributed by atoms with Gasteiger partial charge in [0.1, 0.15) is 5.82 Å². The fraction of sp³-hybridized carbons (Fsp3) is 0.304. The molecule has 8 nitrogen and oxygen atoms in total. The zero-order valence-electron chi connectivity index (χ0n) is 17.3. The summed E-state index contributed by atoms with van der Waals surface area (Å²) in [4.78, 5) is 23.9. The molecule has 3 N–H and O–H groups in total. The highest BCUT2D eigenvalue weighted by molar-refractivity contribution is 6.00. The Labute approximate surface area is 183 Å². The number of carboxylic acid groups (broad SMARTS) is 1. The summed E-state index contributed by atoms with van der Waals surface area (Å²) >= 11 is 0. The Hall–Kier alpha value is -3.75. The summed E-state index contributed by atoms with van der Waals surface area (Å²) in [7, 11) is 0. The number of anilines is 3. The molecular weight excluding hydrogens is 415 g/mol. The molecule has 0 atom stereocenters. The first kappa shape index (κ1) is 21.5. The van der Waals surface area contributed by atoms with Gasteiger partial charge in [-0.25, -0.2) is 4.39 Å². The number of hydrogen-bond acceptors (Lipinski definition) is 6. The van der Waals surface area contributed by atoms with E-state index in [2.05, 4.69) is 20.8 Å². The number of benzene rings is 2. The van der Waals surface area contributed by atoms with E-state index in [0.29, 0.717) is 5.69 Å². The van der Waals surface area contributed by atoms with Crippen LogP contribution >= 0.6 is 0 Å². The van der Waals surface area contributed by atoms with E-state index in [1.54, 1.807) is 24.3 Å². The third-order valence-corrected chi connectivity index (χ3v) is 5.79. The quantitative estimate of drug-likeness (QED) is 0.481. The van der Waals surface area contributed by atoms with E-state index >= 15 is 0 Å². The molecule has 0 unspecified atom stereocenters. The first-order valence-corrected chi connectivity index (χ1v) is 10.4. The number of hydrogen-bond donors (Lipinski definition) is 3. The van der Waals surface area contributed by atoms with Crippen LogP contribution in [-0.2, 0) is 10.2 Å². The number of nitrogens with one attached hydrogen (secondary N) is 2. The van der Waals surface area contributed by atoms with Gasteiger partial charge in [-0.2, -0.15) is 0 Å². The normalized spacial score (nSPS) is 15.2. The second-order valence-electron chi connectivity index (χ2n) is 7.96. The molecule has 0 saturated heterocycles. The summed E-state index contributed by atoms with van der Waals surface area (Å²) in [6.45, 7) is 0. The minimum absolute atomic E-state index is 0.0957. The zero-order valence-corrected chi connectivity index (χ0v) is 17.3. The molecule has 1 aromatic heterocycles. The SMILES string of the molecule is O=C(O)CC1(c2ccc(NC(=O)c3nnc(Nc4ccccc4F)o3)cc2)CCCCC1. The molecule has 1 heterocycles. The average Bonchev–Trinajstić information content (AvgIpc) is 3.25. The van der Waals surface area contributed by atoms with E-state index < -0.39 is 17.7 Å². The molecule has 3 aromatic rings. The number of aliphatic carboxylic acids is 1. The van der Waals surface area contributed by atoms with Crippen LogP contribution in [-0.4, -0.2) is 27.2 Å². The highest BCUT2D eigenvalue weighted by Gasteiger charge is 2.36. The van der Waals surface area contributed by atoms with Crippen molar-refractivity contribution in [1.29, 1.82) is 0 Å². The van der Waals surface area contributed by atoms with E-state index in [9.17, 15) is 19.1 Å². The summed E-state index contributed by atoms with van der Waals surface area (Å²) in [5, 5.41) is 22.1. The number of carbonyl (C=O) groups is 2. The minimum atomic E-state index is -0.805. The predicted molar refractivity (Wildman–Crippen MR) is 115 cm³/mol. The lowest BCUT2D eigenvalue weighted by Crippen LogP contribution is -2.31. The van der Waals surface area contributed by atoms with Gasteiger partial charge in [-0.3, -0.25) is 9.59 Å². The summed E-state index contributed by atoms with van der Waals surface area (Å²) in [5.74, 6) is -2.18. The number of para-hydroxylation sites is 1. The summed E-state index contributed by atoms with van der Waals surface area (Å²) < 4.78 is 19.0. The van der Waals surface area contributed by atoms with E-state index in [0.717, 1.165) is 37.7 Å². The Bertz CT molecular complexity index is 1110. The smallest absolute Gasteiger partial charge is 0.320 e. The van der Waals surface area contributed by atoms with Gasteiger partial charge in [-0.1, -0.05) is 48.6 Å². The number of aromatic nitrogens is 2. The molecule has 0 spiro atoms. The molecule has 4 rings (SSSR count). The minimum Gasteiger partial charge on any atom is -0.481 e. The van der Waals surface area contributed by atoms with Crippen LogP contribution in [0.15, 0.2) is 52.9 Å². The van der Waals surface area contributed by atoms with Crippen molar-refractivity contribution >= 4 is 29.3 Å². The van der Waals surface area contributed by atoms with Gasteiger partial charge in [0.25, 0.3) is 0 Å². The van der Waals surface area contributed by atoms with Crippen LogP contribution in [0.3, 0.4) is 0 Å². The molecule has 0 aliphatic heterocycles. The number of rotatable bonds is 7. The number of nitrogens with zero attached hydrogens (tertiary/aromatic N) is 2. The summed E-state index contributed by atoms with van der Waals surface area (Å²) in [6, 6.07) is 13.1. The van der Waals surface area contributed by atoms with E-state index in [4.69, 9.17) is 4.42 Å². The fourth-order valence-corrected chi connectivity index (χ4v) is 4.22. The fourth-order valence-electron chi connectivity index (χ4n) is 4.22. The third kappa shape index (κ3) is 4.77. The number of halogens is 1. The maximum atomic E-state index is 13.7. The van der Waals surface area contributed by atoms with Gasteiger partial charge >= 0.3 is 23.8 Å². The predicted octanol–water partition coefficient (Wildman–Crippen LogP) is 4.88. The van der Waals surface area contributed by atoms with Gasteiger partial charge in [0.15, 0.2) is 0 Å². The molecular formula is C23H23FN4O4. The Morgan fingerprint density at radius 3 is 2.44 bits per heavy atom. The van der Waals surface area contributed by atoms with Crippen molar-refractivity contribution in [3.8, 4) is 0 Å². The van der Waals surface area contributed by atoms with Gasteiger partial charge in [0.2, 0.25) is 0 Å². The third-order valence-electron chi connectivity index (χ3n) is 5.79. The van der Waals surface area contributed by atoms with Gasteiger partial charge in [-0.05, 0) is 42.7 Å². The second kappa shape index (κ2) is 9.17. The molecule has 32 heavy (non-hydrogen) atoms. The second-order valence-corrected chi connectivity index (χ2v) is 7.96. The van der Waals surface area contributed by atoms with Crippen molar-refractivity contribution in [2.75, 3.05) is 10.6 Å². The molecule has 0 radical (unpaired) electrons. The highest BCUT2D eigenvalue weighted by atomic mass is 19.1. The lowest BCUT2D eigenvalue weighted by atomic mass is 9.67. The Balaban J connectivity index is 1.43. The molecule has 1 amide bonds. The number of carboxylic acids is 1. The Morgan fingerprint density at radius 1 is 1.03 bits per heavy atom. The van der Waals surface area contributed by atoms with Gasteiger partial charge in [0.05, 0.1) is 12.1 Å². The van der Waals surface area contributed by atoms with Gasteiger partial charge < -0.3 is 20.2 Å². The maximum absolute atomic E-state index is 13.7. The first-order valence-electron chi connectivity index (χ1n) is 10.4. The average molecular weight is 438 g/mol. The molecule has 1 fully saturated rings. The van der Waals surface area contributed by atoms with Crippen molar-refractivity contribution in [1.82, 2.24) is 10.2 Å². The van der Waals surface area contributed by atoms with E-state index in [1.165, 1.54) is 12.1 Å². The number of amides is 1. The first-order chi connectivity index (χ1) is 15.4. The molecule has 1 aliphatic carbocycles. The van der Waals surface area contributed by atoms with Gasteiger partial charge in [0, 0.05) is 11.1 Å². The molecule has 1 saturated carbocycles. The zero-order chi connectivity index (χ0) is 22.6.